The lowest BCUT2D eigenvalue weighted by Crippen LogP contribution is -2.37. The lowest BCUT2D eigenvalue weighted by Gasteiger charge is -2.10. The van der Waals surface area contributed by atoms with E-state index in [4.69, 9.17) is 18.3 Å². The molecule has 2 aromatic carbocycles. The van der Waals surface area contributed by atoms with Gasteiger partial charge < -0.3 is 28.9 Å². The maximum atomic E-state index is 12.6. The number of hydrogen-bond donors (Lipinski definition) is 2. The first-order chi connectivity index (χ1) is 17.5. The summed E-state index contributed by atoms with van der Waals surface area (Å²) in [4.78, 5) is 29.5. The highest BCUT2D eigenvalue weighted by Gasteiger charge is 2.28. The lowest BCUT2D eigenvalue weighted by molar-refractivity contribution is -0.127. The molecule has 0 spiro atoms. The van der Waals surface area contributed by atoms with Gasteiger partial charge in [-0.2, -0.15) is 0 Å². The van der Waals surface area contributed by atoms with Gasteiger partial charge in [0.15, 0.2) is 11.9 Å². The zero-order chi connectivity index (χ0) is 25.1. The highest BCUT2D eigenvalue weighted by molar-refractivity contribution is 6.02. The molecule has 0 bridgehead atoms. The average Bonchev–Trinajstić information content (AvgIpc) is 3.61. The van der Waals surface area contributed by atoms with Crippen LogP contribution in [0.2, 0.25) is 0 Å². The quantitative estimate of drug-likeness (QED) is 0.381. The molecule has 1 atom stereocenters. The second-order valence-corrected chi connectivity index (χ2v) is 8.39. The molecule has 0 aliphatic carbocycles. The molecule has 2 amide bonds. The number of benzene rings is 2. The van der Waals surface area contributed by atoms with Gasteiger partial charge in [0.1, 0.15) is 29.6 Å². The number of carbonyl (C=O) groups excluding carboxylic acids is 2. The lowest BCUT2D eigenvalue weighted by atomic mass is 10.1. The van der Waals surface area contributed by atoms with Crippen LogP contribution in [0.3, 0.4) is 0 Å². The number of nitrogens with zero attached hydrogens (tertiary/aromatic N) is 1. The smallest absolute Gasteiger partial charge is 0.291 e. The fourth-order valence-corrected chi connectivity index (χ4v) is 3.94. The van der Waals surface area contributed by atoms with Crippen LogP contribution in [-0.4, -0.2) is 30.0 Å². The van der Waals surface area contributed by atoms with Crippen molar-refractivity contribution in [3.63, 3.8) is 0 Å². The minimum atomic E-state index is -0.551. The minimum absolute atomic E-state index is 0.193. The van der Waals surface area contributed by atoms with E-state index in [2.05, 4.69) is 15.6 Å². The molecule has 2 N–H and O–H groups in total. The van der Waals surface area contributed by atoms with Crippen molar-refractivity contribution in [2.75, 3.05) is 12.4 Å². The third-order valence-corrected chi connectivity index (χ3v) is 5.82. The predicted octanol–water partition coefficient (Wildman–Crippen LogP) is 4.26. The van der Waals surface area contributed by atoms with Crippen molar-refractivity contribution in [2.24, 2.45) is 0 Å². The van der Waals surface area contributed by atoms with Gasteiger partial charge in [-0.25, -0.2) is 4.98 Å². The van der Waals surface area contributed by atoms with E-state index >= 15 is 0 Å². The Morgan fingerprint density at radius 3 is 2.64 bits per heavy atom. The summed E-state index contributed by atoms with van der Waals surface area (Å²) >= 11 is 0. The monoisotopic (exact) mass is 487 g/mol. The van der Waals surface area contributed by atoms with E-state index < -0.39 is 6.10 Å². The molecule has 0 saturated heterocycles. The van der Waals surface area contributed by atoms with Crippen molar-refractivity contribution < 1.29 is 27.9 Å². The van der Waals surface area contributed by atoms with Gasteiger partial charge in [0.25, 0.3) is 11.8 Å². The predicted molar refractivity (Wildman–Crippen MR) is 130 cm³/mol. The Labute approximate surface area is 207 Å². The van der Waals surface area contributed by atoms with E-state index in [0.29, 0.717) is 41.8 Å². The van der Waals surface area contributed by atoms with E-state index in [1.54, 1.807) is 50.4 Å². The molecule has 9 heteroatoms. The van der Waals surface area contributed by atoms with Gasteiger partial charge in [-0.3, -0.25) is 9.59 Å². The van der Waals surface area contributed by atoms with E-state index in [1.165, 1.54) is 0 Å². The fraction of sp³-hybridized carbons (Fsp3) is 0.222. The summed E-state index contributed by atoms with van der Waals surface area (Å²) in [5, 5.41) is 5.68. The van der Waals surface area contributed by atoms with Gasteiger partial charge in [0.05, 0.1) is 6.54 Å². The number of oxazole rings is 1. The first-order valence-corrected chi connectivity index (χ1v) is 11.5. The number of nitrogens with one attached hydrogen (secondary N) is 2. The van der Waals surface area contributed by atoms with Crippen LogP contribution in [0.15, 0.2) is 69.5 Å². The average molecular weight is 488 g/mol. The summed E-state index contributed by atoms with van der Waals surface area (Å²) in [5.74, 6) is 2.01. The number of methoxy groups -OCH3 is 1. The molecule has 36 heavy (non-hydrogen) atoms. The zero-order valence-corrected chi connectivity index (χ0v) is 19.9. The van der Waals surface area contributed by atoms with Crippen molar-refractivity contribution in [2.45, 2.75) is 32.6 Å². The molecular weight excluding hydrogens is 462 g/mol. The number of hydrogen-bond acceptors (Lipinski definition) is 7. The van der Waals surface area contributed by atoms with Gasteiger partial charge in [-0.15, -0.1) is 0 Å². The molecular formula is C27H25N3O6. The summed E-state index contributed by atoms with van der Waals surface area (Å²) in [6.45, 7) is 2.33. The Morgan fingerprint density at radius 2 is 1.86 bits per heavy atom. The summed E-state index contributed by atoms with van der Waals surface area (Å²) in [6, 6.07) is 18.0. The SMILES string of the molecule is COCc1ccc(C(=O)Nc2ccc(-c3nc(CNC(=O)[C@H]4Cc5ccccc5O4)c(C)o3)cc2)o1. The zero-order valence-electron chi connectivity index (χ0n) is 19.9. The molecule has 1 aliphatic rings. The minimum Gasteiger partial charge on any atom is -0.480 e. The molecule has 184 valence electrons. The number of aryl methyl sites for hydroxylation is 1. The topological polar surface area (TPSA) is 116 Å². The first-order valence-electron chi connectivity index (χ1n) is 11.5. The van der Waals surface area contributed by atoms with E-state index in [0.717, 1.165) is 16.9 Å². The molecule has 0 unspecified atom stereocenters. The number of fused-ring (bicyclic) bond motifs is 1. The van der Waals surface area contributed by atoms with E-state index in [9.17, 15) is 9.59 Å². The third-order valence-electron chi connectivity index (χ3n) is 5.82. The van der Waals surface area contributed by atoms with Crippen molar-refractivity contribution in [3.05, 3.63) is 89.2 Å². The van der Waals surface area contributed by atoms with Gasteiger partial charge in [0.2, 0.25) is 5.89 Å². The van der Waals surface area contributed by atoms with Gasteiger partial charge >= 0.3 is 0 Å². The van der Waals surface area contributed by atoms with Crippen LogP contribution in [0, 0.1) is 6.92 Å². The molecule has 1 aliphatic heterocycles. The molecule has 0 saturated carbocycles. The number of ether oxygens (including phenoxy) is 2. The maximum Gasteiger partial charge on any atom is 0.291 e. The van der Waals surface area contributed by atoms with Gasteiger partial charge in [0, 0.05) is 24.8 Å². The molecule has 0 radical (unpaired) electrons. The second-order valence-electron chi connectivity index (χ2n) is 8.39. The number of furan rings is 1. The highest BCUT2D eigenvalue weighted by Crippen LogP contribution is 2.28. The Balaban J connectivity index is 1.18. The van der Waals surface area contributed by atoms with Crippen LogP contribution in [0.4, 0.5) is 5.69 Å². The van der Waals surface area contributed by atoms with Crippen molar-refractivity contribution in [3.8, 4) is 17.2 Å². The second kappa shape index (κ2) is 10.1. The largest absolute Gasteiger partial charge is 0.480 e. The van der Waals surface area contributed by atoms with Gasteiger partial charge in [-0.1, -0.05) is 18.2 Å². The summed E-state index contributed by atoms with van der Waals surface area (Å²) in [6.07, 6.45) is -0.00749. The third kappa shape index (κ3) is 5.01. The standard InChI is InChI=1S/C27H25N3O6/c1-16-21(14-28-25(31)24-13-18-5-3-4-6-22(18)36-24)30-27(34-16)17-7-9-19(10-8-17)29-26(32)23-12-11-20(35-23)15-33-2/h3-12,24H,13-15H2,1-2H3,(H,28,31)(H,29,32)/t24-/m1/s1. The van der Waals surface area contributed by atoms with Crippen LogP contribution in [0.1, 0.15) is 33.3 Å². The highest BCUT2D eigenvalue weighted by atomic mass is 16.5. The normalized spacial score (nSPS) is 14.2. The Hall–Kier alpha value is -4.37. The Morgan fingerprint density at radius 1 is 1.06 bits per heavy atom. The van der Waals surface area contributed by atoms with Crippen molar-refractivity contribution >= 4 is 17.5 Å². The van der Waals surface area contributed by atoms with Crippen molar-refractivity contribution in [1.82, 2.24) is 10.3 Å². The van der Waals surface area contributed by atoms with Crippen LogP contribution in [-0.2, 0) is 29.1 Å². The van der Waals surface area contributed by atoms with Crippen LogP contribution in [0.5, 0.6) is 5.75 Å². The van der Waals surface area contributed by atoms with E-state index in [-0.39, 0.29) is 24.1 Å². The number of aromatic nitrogens is 1. The Kier molecular flexibility index (Phi) is 6.55. The van der Waals surface area contributed by atoms with E-state index in [1.807, 2.05) is 24.3 Å². The van der Waals surface area contributed by atoms with Crippen molar-refractivity contribution in [1.29, 1.82) is 0 Å². The maximum absolute atomic E-state index is 12.6. The summed E-state index contributed by atoms with van der Waals surface area (Å²) in [5.41, 5.74) is 3.00. The van der Waals surface area contributed by atoms with Crippen LogP contribution in [0.25, 0.3) is 11.5 Å². The molecule has 4 aromatic rings. The van der Waals surface area contributed by atoms with Gasteiger partial charge in [-0.05, 0) is 55.0 Å². The van der Waals surface area contributed by atoms with Crippen LogP contribution >= 0.6 is 0 Å². The summed E-state index contributed by atoms with van der Waals surface area (Å²) < 4.78 is 22.0. The molecule has 5 rings (SSSR count). The number of carbonyl (C=O) groups is 2. The van der Waals surface area contributed by atoms with Crippen LogP contribution < -0.4 is 15.4 Å². The fourth-order valence-electron chi connectivity index (χ4n) is 3.94. The number of anilines is 1. The number of amides is 2. The number of rotatable bonds is 8. The molecule has 0 fully saturated rings. The molecule has 3 heterocycles. The summed E-state index contributed by atoms with van der Waals surface area (Å²) in [7, 11) is 1.56. The molecule has 9 nitrogen and oxygen atoms in total. The Bertz CT molecular complexity index is 1360. The first kappa shape index (κ1) is 23.4. The number of para-hydroxylation sites is 1. The molecule has 2 aromatic heterocycles.